The van der Waals surface area contributed by atoms with Gasteiger partial charge in [-0.2, -0.15) is 4.98 Å². The maximum Gasteiger partial charge on any atom is 0.232 e. The first-order chi connectivity index (χ1) is 9.28. The van der Waals surface area contributed by atoms with Crippen molar-refractivity contribution in [2.24, 2.45) is 0 Å². The van der Waals surface area contributed by atoms with Crippen molar-refractivity contribution in [1.82, 2.24) is 20.2 Å². The zero-order chi connectivity index (χ0) is 13.2. The summed E-state index contributed by atoms with van der Waals surface area (Å²) >= 11 is 3.37. The number of hydrogen-bond donors (Lipinski definition) is 1. The molecule has 2 aliphatic heterocycles. The third-order valence-electron chi connectivity index (χ3n) is 3.71. The van der Waals surface area contributed by atoms with Gasteiger partial charge in [-0.05, 0) is 15.9 Å². The minimum Gasteiger partial charge on any atom is -0.480 e. The first kappa shape index (κ1) is 13.1. The lowest BCUT2D eigenvalue weighted by molar-refractivity contribution is 0.146. The lowest BCUT2D eigenvalue weighted by Gasteiger charge is -2.46. The molecule has 104 valence electrons. The van der Waals surface area contributed by atoms with E-state index in [2.05, 4.69) is 41.0 Å². The summed E-state index contributed by atoms with van der Waals surface area (Å²) in [5.74, 6) is 1.35. The van der Waals surface area contributed by atoms with Crippen LogP contribution in [0.15, 0.2) is 10.7 Å². The highest BCUT2D eigenvalue weighted by molar-refractivity contribution is 9.10. The van der Waals surface area contributed by atoms with Crippen molar-refractivity contribution >= 4 is 21.9 Å². The van der Waals surface area contributed by atoms with Gasteiger partial charge in [0.15, 0.2) is 0 Å². The number of aromatic nitrogens is 2. The van der Waals surface area contributed by atoms with Crippen molar-refractivity contribution in [3.63, 3.8) is 0 Å². The Kier molecular flexibility index (Phi) is 3.86. The second-order valence-corrected chi connectivity index (χ2v) is 5.73. The Morgan fingerprint density at radius 1 is 1.37 bits per heavy atom. The number of hydrogen-bond acceptors (Lipinski definition) is 6. The molecular weight excluding hydrogens is 310 g/mol. The number of nitrogens with zero attached hydrogens (tertiary/aromatic N) is 4. The van der Waals surface area contributed by atoms with Crippen LogP contribution in [-0.2, 0) is 0 Å². The normalized spacial score (nSPS) is 21.3. The fraction of sp³-hybridized carbons (Fsp3) is 0.667. The monoisotopic (exact) mass is 327 g/mol. The van der Waals surface area contributed by atoms with Gasteiger partial charge in [0.1, 0.15) is 0 Å². The zero-order valence-electron chi connectivity index (χ0n) is 11.0. The minimum atomic E-state index is 0.593. The molecule has 2 saturated heterocycles. The van der Waals surface area contributed by atoms with E-state index >= 15 is 0 Å². The van der Waals surface area contributed by atoms with Gasteiger partial charge in [0.05, 0.1) is 17.8 Å². The van der Waals surface area contributed by atoms with Crippen LogP contribution in [-0.4, -0.2) is 67.3 Å². The Morgan fingerprint density at radius 3 is 2.79 bits per heavy atom. The Hall–Kier alpha value is -0.920. The van der Waals surface area contributed by atoms with Crippen molar-refractivity contribution < 1.29 is 4.74 Å². The van der Waals surface area contributed by atoms with Gasteiger partial charge in [0, 0.05) is 45.3 Å². The van der Waals surface area contributed by atoms with Gasteiger partial charge < -0.3 is 15.0 Å². The molecule has 1 N–H and O–H groups in total. The zero-order valence-corrected chi connectivity index (χ0v) is 12.6. The molecule has 3 heterocycles. The van der Waals surface area contributed by atoms with Gasteiger partial charge in [0.25, 0.3) is 0 Å². The number of ether oxygens (including phenoxy) is 1. The molecule has 2 aliphatic rings. The Bertz CT molecular complexity index is 446. The third-order valence-corrected chi connectivity index (χ3v) is 4.25. The average molecular weight is 328 g/mol. The second-order valence-electron chi connectivity index (χ2n) is 4.87. The maximum absolute atomic E-state index is 5.20. The van der Waals surface area contributed by atoms with Gasteiger partial charge in [-0.1, -0.05) is 0 Å². The van der Waals surface area contributed by atoms with Crippen LogP contribution in [0, 0.1) is 0 Å². The number of nitrogens with one attached hydrogen (secondary N) is 1. The van der Waals surface area contributed by atoms with Crippen LogP contribution in [0.25, 0.3) is 0 Å². The summed E-state index contributed by atoms with van der Waals surface area (Å²) in [5, 5.41) is 3.38. The number of methoxy groups -OCH3 is 1. The van der Waals surface area contributed by atoms with Crippen molar-refractivity contribution in [3.8, 4) is 5.88 Å². The summed E-state index contributed by atoms with van der Waals surface area (Å²) in [5.41, 5.74) is 0. The molecule has 7 heteroatoms. The van der Waals surface area contributed by atoms with Crippen LogP contribution >= 0.6 is 15.9 Å². The van der Waals surface area contributed by atoms with Crippen molar-refractivity contribution in [2.45, 2.75) is 6.04 Å². The Morgan fingerprint density at radius 2 is 2.11 bits per heavy atom. The van der Waals surface area contributed by atoms with E-state index in [4.69, 9.17) is 4.74 Å². The van der Waals surface area contributed by atoms with E-state index in [0.717, 1.165) is 49.7 Å². The highest BCUT2D eigenvalue weighted by Gasteiger charge is 2.33. The van der Waals surface area contributed by atoms with E-state index in [1.165, 1.54) is 0 Å². The predicted molar refractivity (Wildman–Crippen MR) is 76.7 cm³/mol. The SMILES string of the molecule is COc1nc(N2CC(N3CCNCC3)C2)ncc1Br. The van der Waals surface area contributed by atoms with E-state index in [9.17, 15) is 0 Å². The Labute approximate surface area is 121 Å². The smallest absolute Gasteiger partial charge is 0.232 e. The van der Waals surface area contributed by atoms with Crippen LogP contribution in [0.3, 0.4) is 0 Å². The van der Waals surface area contributed by atoms with Gasteiger partial charge in [-0.15, -0.1) is 0 Å². The van der Waals surface area contributed by atoms with Crippen LogP contribution in [0.5, 0.6) is 5.88 Å². The van der Waals surface area contributed by atoms with Gasteiger partial charge in [-0.25, -0.2) is 4.98 Å². The number of rotatable bonds is 3. The van der Waals surface area contributed by atoms with E-state index in [1.807, 2.05) is 0 Å². The lowest BCUT2D eigenvalue weighted by Crippen LogP contribution is -2.63. The summed E-state index contributed by atoms with van der Waals surface area (Å²) in [4.78, 5) is 13.5. The number of piperazine rings is 1. The fourth-order valence-electron chi connectivity index (χ4n) is 2.54. The number of halogens is 1. The highest BCUT2D eigenvalue weighted by atomic mass is 79.9. The largest absolute Gasteiger partial charge is 0.480 e. The Balaban J connectivity index is 1.60. The molecule has 1 aromatic rings. The molecule has 1 aromatic heterocycles. The highest BCUT2D eigenvalue weighted by Crippen LogP contribution is 2.26. The molecule has 0 atom stereocenters. The molecule has 0 aliphatic carbocycles. The van der Waals surface area contributed by atoms with Crippen LogP contribution in [0.4, 0.5) is 5.95 Å². The summed E-state index contributed by atoms with van der Waals surface area (Å²) < 4.78 is 5.99. The molecular formula is C12H18BrN5O. The summed E-state index contributed by atoms with van der Waals surface area (Å²) in [6, 6.07) is 0.639. The standard InChI is InChI=1S/C12H18BrN5O/c1-19-11-10(13)6-15-12(16-11)18-7-9(8-18)17-4-2-14-3-5-17/h6,9,14H,2-5,7-8H2,1H3. The van der Waals surface area contributed by atoms with Gasteiger partial charge in [-0.3, -0.25) is 4.90 Å². The average Bonchev–Trinajstić information content (AvgIpc) is 2.40. The molecule has 0 amide bonds. The predicted octanol–water partition coefficient (Wildman–Crippen LogP) is 0.342. The molecule has 0 bridgehead atoms. The minimum absolute atomic E-state index is 0.593. The van der Waals surface area contributed by atoms with Crippen LogP contribution in [0.1, 0.15) is 0 Å². The van der Waals surface area contributed by atoms with Crippen molar-refractivity contribution in [3.05, 3.63) is 10.7 Å². The molecule has 6 nitrogen and oxygen atoms in total. The van der Waals surface area contributed by atoms with Crippen molar-refractivity contribution in [2.75, 3.05) is 51.3 Å². The fourth-order valence-corrected chi connectivity index (χ4v) is 2.89. The summed E-state index contributed by atoms with van der Waals surface area (Å²) in [6.07, 6.45) is 1.75. The molecule has 2 fully saturated rings. The summed E-state index contributed by atoms with van der Waals surface area (Å²) in [7, 11) is 1.62. The van der Waals surface area contributed by atoms with Crippen LogP contribution < -0.4 is 15.0 Å². The third kappa shape index (κ3) is 2.68. The molecule has 0 unspecified atom stereocenters. The van der Waals surface area contributed by atoms with E-state index in [0.29, 0.717) is 11.9 Å². The first-order valence-corrected chi connectivity index (χ1v) is 7.33. The van der Waals surface area contributed by atoms with Gasteiger partial charge >= 0.3 is 0 Å². The topological polar surface area (TPSA) is 53.5 Å². The maximum atomic E-state index is 5.20. The molecule has 0 saturated carbocycles. The van der Waals surface area contributed by atoms with Crippen LogP contribution in [0.2, 0.25) is 0 Å². The molecule has 0 aromatic carbocycles. The number of anilines is 1. The quantitative estimate of drug-likeness (QED) is 0.864. The van der Waals surface area contributed by atoms with E-state index in [-0.39, 0.29) is 0 Å². The van der Waals surface area contributed by atoms with E-state index in [1.54, 1.807) is 13.3 Å². The van der Waals surface area contributed by atoms with Crippen molar-refractivity contribution in [1.29, 1.82) is 0 Å². The van der Waals surface area contributed by atoms with E-state index < -0.39 is 0 Å². The summed E-state index contributed by atoms with van der Waals surface area (Å²) in [6.45, 7) is 6.49. The molecule has 3 rings (SSSR count). The first-order valence-electron chi connectivity index (χ1n) is 6.54. The molecule has 0 spiro atoms. The second kappa shape index (κ2) is 5.60. The lowest BCUT2D eigenvalue weighted by atomic mass is 10.1. The molecule has 0 radical (unpaired) electrons. The molecule has 19 heavy (non-hydrogen) atoms. The van der Waals surface area contributed by atoms with Gasteiger partial charge in [0.2, 0.25) is 11.8 Å².